The molecule has 1 heterocycles. The van der Waals surface area contributed by atoms with E-state index < -0.39 is 18.1 Å². The molecule has 2 rings (SSSR count). The number of carboxylic acids is 1. The number of rotatable bonds is 6. The second kappa shape index (κ2) is 7.56. The van der Waals surface area contributed by atoms with Crippen LogP contribution < -0.4 is 5.32 Å². The molecule has 0 saturated carbocycles. The first kappa shape index (κ1) is 16.0. The summed E-state index contributed by atoms with van der Waals surface area (Å²) >= 11 is 1.17. The summed E-state index contributed by atoms with van der Waals surface area (Å²) in [6.07, 6.45) is -0.872. The molecule has 0 spiro atoms. The standard InChI is InChI=1S/C15H16N2O4S/c1-10-7-13(22-17-10)12(8-14(18)19)16-15(20)21-9-11-5-3-2-4-6-11/h2-7,12H,8-9H2,1H3,(H,16,20)(H,18,19)/t12-/m0/s1. The number of hydrogen-bond acceptors (Lipinski definition) is 5. The molecule has 0 aliphatic rings. The molecule has 1 atom stereocenters. The molecule has 116 valence electrons. The van der Waals surface area contributed by atoms with E-state index in [9.17, 15) is 9.59 Å². The summed E-state index contributed by atoms with van der Waals surface area (Å²) in [4.78, 5) is 23.5. The minimum absolute atomic E-state index is 0.133. The molecule has 2 aromatic rings. The van der Waals surface area contributed by atoms with E-state index in [-0.39, 0.29) is 13.0 Å². The van der Waals surface area contributed by atoms with Gasteiger partial charge in [-0.05, 0) is 30.1 Å². The normalized spacial score (nSPS) is 11.7. The summed E-state index contributed by atoms with van der Waals surface area (Å²) in [5.74, 6) is -1.00. The number of aryl methyl sites for hydroxylation is 1. The molecule has 1 amide bonds. The van der Waals surface area contributed by atoms with Crippen molar-refractivity contribution >= 4 is 23.6 Å². The average molecular weight is 320 g/mol. The van der Waals surface area contributed by atoms with Crippen molar-refractivity contribution in [3.8, 4) is 0 Å². The van der Waals surface area contributed by atoms with Crippen LogP contribution in [0.25, 0.3) is 0 Å². The van der Waals surface area contributed by atoms with E-state index in [0.29, 0.717) is 4.88 Å². The fourth-order valence-electron chi connectivity index (χ4n) is 1.85. The molecule has 1 aromatic carbocycles. The molecule has 0 radical (unpaired) electrons. The smallest absolute Gasteiger partial charge is 0.407 e. The van der Waals surface area contributed by atoms with Gasteiger partial charge in [0, 0.05) is 4.88 Å². The highest BCUT2D eigenvalue weighted by molar-refractivity contribution is 7.05. The Hall–Kier alpha value is -2.41. The predicted octanol–water partition coefficient (Wildman–Crippen LogP) is 2.89. The van der Waals surface area contributed by atoms with Crippen LogP contribution in [0.1, 0.15) is 28.6 Å². The van der Waals surface area contributed by atoms with Gasteiger partial charge in [-0.3, -0.25) is 4.79 Å². The Balaban J connectivity index is 1.94. The van der Waals surface area contributed by atoms with Crippen molar-refractivity contribution in [2.45, 2.75) is 26.0 Å². The first-order valence-electron chi connectivity index (χ1n) is 6.67. The number of benzene rings is 1. The number of nitrogens with zero attached hydrogens (tertiary/aromatic N) is 1. The predicted molar refractivity (Wildman–Crippen MR) is 81.6 cm³/mol. The quantitative estimate of drug-likeness (QED) is 0.854. The van der Waals surface area contributed by atoms with Gasteiger partial charge in [-0.2, -0.15) is 4.37 Å². The summed E-state index contributed by atoms with van der Waals surface area (Å²) in [6, 6.07) is 10.4. The number of nitrogens with one attached hydrogen (secondary N) is 1. The first-order valence-corrected chi connectivity index (χ1v) is 7.44. The van der Waals surface area contributed by atoms with E-state index in [0.717, 1.165) is 11.3 Å². The van der Waals surface area contributed by atoms with Gasteiger partial charge in [0.2, 0.25) is 0 Å². The maximum atomic E-state index is 11.8. The summed E-state index contributed by atoms with van der Waals surface area (Å²) in [6.45, 7) is 1.94. The van der Waals surface area contributed by atoms with Crippen molar-refractivity contribution in [2.24, 2.45) is 0 Å². The fraction of sp³-hybridized carbons (Fsp3) is 0.267. The fourth-order valence-corrected chi connectivity index (χ4v) is 2.65. The Kier molecular flexibility index (Phi) is 5.48. The van der Waals surface area contributed by atoms with Crippen LogP contribution in [-0.4, -0.2) is 21.5 Å². The van der Waals surface area contributed by atoms with E-state index >= 15 is 0 Å². The zero-order chi connectivity index (χ0) is 15.9. The molecule has 0 unspecified atom stereocenters. The summed E-state index contributed by atoms with van der Waals surface area (Å²) < 4.78 is 9.21. The number of amides is 1. The Morgan fingerprint density at radius 1 is 1.36 bits per heavy atom. The van der Waals surface area contributed by atoms with E-state index in [4.69, 9.17) is 9.84 Å². The van der Waals surface area contributed by atoms with Crippen LogP contribution >= 0.6 is 11.5 Å². The number of hydrogen-bond donors (Lipinski definition) is 2. The number of alkyl carbamates (subject to hydrolysis) is 1. The van der Waals surface area contributed by atoms with Crippen molar-refractivity contribution in [1.82, 2.24) is 9.69 Å². The van der Waals surface area contributed by atoms with Gasteiger partial charge in [0.15, 0.2) is 0 Å². The highest BCUT2D eigenvalue weighted by Gasteiger charge is 2.21. The van der Waals surface area contributed by atoms with Crippen LogP contribution in [0.4, 0.5) is 4.79 Å². The lowest BCUT2D eigenvalue weighted by molar-refractivity contribution is -0.137. The number of aliphatic carboxylic acids is 1. The van der Waals surface area contributed by atoms with Crippen molar-refractivity contribution in [3.05, 3.63) is 52.5 Å². The van der Waals surface area contributed by atoms with Crippen molar-refractivity contribution in [1.29, 1.82) is 0 Å². The number of aromatic nitrogens is 1. The SMILES string of the molecule is Cc1cc([C@H](CC(=O)O)NC(=O)OCc2ccccc2)sn1. The molecule has 0 aliphatic heterocycles. The number of carboxylic acid groups (broad SMARTS) is 1. The van der Waals surface area contributed by atoms with Crippen molar-refractivity contribution < 1.29 is 19.4 Å². The lowest BCUT2D eigenvalue weighted by Crippen LogP contribution is -2.30. The van der Waals surface area contributed by atoms with Crippen LogP contribution in [0.2, 0.25) is 0 Å². The molecule has 0 saturated heterocycles. The lowest BCUT2D eigenvalue weighted by atomic mass is 10.1. The van der Waals surface area contributed by atoms with Gasteiger partial charge in [-0.1, -0.05) is 30.3 Å². The Morgan fingerprint density at radius 2 is 2.09 bits per heavy atom. The molecule has 0 bridgehead atoms. The van der Waals surface area contributed by atoms with Crippen LogP contribution in [0.5, 0.6) is 0 Å². The third-order valence-electron chi connectivity index (χ3n) is 2.87. The monoisotopic (exact) mass is 320 g/mol. The van der Waals surface area contributed by atoms with Crippen molar-refractivity contribution in [2.75, 3.05) is 0 Å². The summed E-state index contributed by atoms with van der Waals surface area (Å²) in [7, 11) is 0. The molecular formula is C15H16N2O4S. The maximum absolute atomic E-state index is 11.8. The van der Waals surface area contributed by atoms with Crippen LogP contribution in [-0.2, 0) is 16.1 Å². The highest BCUT2D eigenvalue weighted by Crippen LogP contribution is 2.22. The Labute approximate surface area is 131 Å². The topological polar surface area (TPSA) is 88.5 Å². The zero-order valence-corrected chi connectivity index (χ0v) is 12.8. The molecule has 0 aliphatic carbocycles. The van der Waals surface area contributed by atoms with Gasteiger partial charge >= 0.3 is 12.1 Å². The average Bonchev–Trinajstić information content (AvgIpc) is 2.92. The summed E-state index contributed by atoms with van der Waals surface area (Å²) in [5.41, 5.74) is 1.65. The molecule has 1 aromatic heterocycles. The minimum atomic E-state index is -1.00. The van der Waals surface area contributed by atoms with Gasteiger partial charge < -0.3 is 15.2 Å². The Bertz CT molecular complexity index is 642. The zero-order valence-electron chi connectivity index (χ0n) is 12.0. The largest absolute Gasteiger partial charge is 0.481 e. The van der Waals surface area contributed by atoms with Crippen LogP contribution in [0.3, 0.4) is 0 Å². The van der Waals surface area contributed by atoms with E-state index in [1.807, 2.05) is 37.3 Å². The van der Waals surface area contributed by atoms with Crippen LogP contribution in [0.15, 0.2) is 36.4 Å². The second-order valence-corrected chi connectivity index (χ2v) is 5.56. The third-order valence-corrected chi connectivity index (χ3v) is 3.87. The van der Waals surface area contributed by atoms with Crippen LogP contribution in [0, 0.1) is 6.92 Å². The highest BCUT2D eigenvalue weighted by atomic mass is 32.1. The van der Waals surface area contributed by atoms with E-state index in [1.165, 1.54) is 11.5 Å². The molecular weight excluding hydrogens is 304 g/mol. The molecule has 7 heteroatoms. The summed E-state index contributed by atoms with van der Waals surface area (Å²) in [5, 5.41) is 11.5. The maximum Gasteiger partial charge on any atom is 0.407 e. The second-order valence-electron chi connectivity index (χ2n) is 4.73. The number of carbonyl (C=O) groups excluding carboxylic acids is 1. The van der Waals surface area contributed by atoms with E-state index in [2.05, 4.69) is 9.69 Å². The first-order chi connectivity index (χ1) is 10.5. The van der Waals surface area contributed by atoms with Gasteiger partial charge in [-0.25, -0.2) is 4.79 Å². The minimum Gasteiger partial charge on any atom is -0.481 e. The van der Waals surface area contributed by atoms with Gasteiger partial charge in [0.05, 0.1) is 18.2 Å². The van der Waals surface area contributed by atoms with Gasteiger partial charge in [0.1, 0.15) is 6.61 Å². The van der Waals surface area contributed by atoms with Gasteiger partial charge in [-0.15, -0.1) is 0 Å². The van der Waals surface area contributed by atoms with E-state index in [1.54, 1.807) is 6.07 Å². The Morgan fingerprint density at radius 3 is 2.68 bits per heavy atom. The molecule has 2 N–H and O–H groups in total. The molecule has 22 heavy (non-hydrogen) atoms. The third kappa shape index (κ3) is 4.85. The molecule has 0 fully saturated rings. The van der Waals surface area contributed by atoms with Crippen molar-refractivity contribution in [3.63, 3.8) is 0 Å². The number of carbonyl (C=O) groups is 2. The number of ether oxygens (including phenoxy) is 1. The van der Waals surface area contributed by atoms with Gasteiger partial charge in [0.25, 0.3) is 0 Å². The lowest BCUT2D eigenvalue weighted by Gasteiger charge is -2.15. The molecule has 6 nitrogen and oxygen atoms in total.